The minimum Gasteiger partial charge on any atom is -0.353 e. The summed E-state index contributed by atoms with van der Waals surface area (Å²) in [4.78, 5) is 19.4. The molecule has 1 atom stereocenters. The zero-order valence-electron chi connectivity index (χ0n) is 14.4. The van der Waals surface area contributed by atoms with Gasteiger partial charge in [0.1, 0.15) is 11.6 Å². The third-order valence-corrected chi connectivity index (χ3v) is 4.36. The molecule has 0 radical (unpaired) electrons. The van der Waals surface area contributed by atoms with E-state index in [9.17, 15) is 0 Å². The molecule has 2 aromatic rings. The first-order valence-corrected chi connectivity index (χ1v) is 8.64. The minimum absolute atomic E-state index is 0.288. The molecule has 0 bridgehead atoms. The molecule has 7 nitrogen and oxygen atoms in total. The second-order valence-electron chi connectivity index (χ2n) is 5.91. The largest absolute Gasteiger partial charge is 0.353 e. The number of aryl methyl sites for hydroxylation is 1. The summed E-state index contributed by atoms with van der Waals surface area (Å²) in [5.74, 6) is 2.36. The average Bonchev–Trinajstić information content (AvgIpc) is 3.07. The third-order valence-electron chi connectivity index (χ3n) is 4.06. The average molecular weight is 360 g/mol. The highest BCUT2D eigenvalue weighted by Gasteiger charge is 2.25. The first-order valence-electron chi connectivity index (χ1n) is 8.27. The maximum Gasteiger partial charge on any atom is 0.191 e. The van der Waals surface area contributed by atoms with Crippen LogP contribution in [0.4, 0.5) is 5.82 Å². The van der Waals surface area contributed by atoms with Crippen molar-refractivity contribution in [3.63, 3.8) is 0 Å². The first-order chi connectivity index (χ1) is 12.2. The van der Waals surface area contributed by atoms with Crippen LogP contribution in [-0.4, -0.2) is 47.1 Å². The highest BCUT2D eigenvalue weighted by atomic mass is 35.5. The summed E-state index contributed by atoms with van der Waals surface area (Å²) in [7, 11) is 1.77. The molecule has 0 aliphatic carbocycles. The summed E-state index contributed by atoms with van der Waals surface area (Å²) in [5.41, 5.74) is 0.934. The fourth-order valence-corrected chi connectivity index (χ4v) is 3.09. The summed E-state index contributed by atoms with van der Waals surface area (Å²) < 4.78 is 0. The number of hydrogen-bond acceptors (Lipinski definition) is 5. The molecule has 2 N–H and O–H groups in total. The molecule has 0 aromatic carbocycles. The number of aliphatic imine (C=N–C) groups is 1. The Balaban J connectivity index is 1.54. The molecule has 8 heteroatoms. The number of hydrogen-bond donors (Lipinski definition) is 2. The Morgan fingerprint density at radius 3 is 3.00 bits per heavy atom. The summed E-state index contributed by atoms with van der Waals surface area (Å²) >= 11 is 6.24. The van der Waals surface area contributed by atoms with Crippen LogP contribution in [0.25, 0.3) is 0 Å². The predicted octanol–water partition coefficient (Wildman–Crippen LogP) is 1.78. The number of rotatable bonds is 4. The number of halogens is 1. The van der Waals surface area contributed by atoms with Gasteiger partial charge >= 0.3 is 0 Å². The second kappa shape index (κ2) is 8.11. The van der Waals surface area contributed by atoms with Gasteiger partial charge in [0.15, 0.2) is 5.96 Å². The van der Waals surface area contributed by atoms with E-state index in [4.69, 9.17) is 11.6 Å². The van der Waals surface area contributed by atoms with Crippen LogP contribution in [0, 0.1) is 6.92 Å². The Bertz CT molecular complexity index is 749. The molecule has 1 unspecified atom stereocenters. The third kappa shape index (κ3) is 4.57. The fourth-order valence-electron chi connectivity index (χ4n) is 2.85. The maximum absolute atomic E-state index is 6.24. The second-order valence-corrected chi connectivity index (χ2v) is 6.31. The van der Waals surface area contributed by atoms with Gasteiger partial charge < -0.3 is 15.5 Å². The highest BCUT2D eigenvalue weighted by Crippen LogP contribution is 2.25. The maximum atomic E-state index is 6.24. The zero-order chi connectivity index (χ0) is 17.6. The normalized spacial score (nSPS) is 17.6. The van der Waals surface area contributed by atoms with Gasteiger partial charge in [-0.25, -0.2) is 15.0 Å². The lowest BCUT2D eigenvalue weighted by atomic mass is 10.3. The van der Waals surface area contributed by atoms with Crippen molar-refractivity contribution in [2.75, 3.05) is 25.0 Å². The van der Waals surface area contributed by atoms with E-state index in [1.807, 2.05) is 25.1 Å². The number of pyridine rings is 1. The van der Waals surface area contributed by atoms with Crippen molar-refractivity contribution in [1.29, 1.82) is 0 Å². The lowest BCUT2D eigenvalue weighted by molar-refractivity contribution is 0.646. The number of guanidine groups is 1. The monoisotopic (exact) mass is 359 g/mol. The smallest absolute Gasteiger partial charge is 0.191 e. The van der Waals surface area contributed by atoms with E-state index in [0.29, 0.717) is 11.6 Å². The zero-order valence-corrected chi connectivity index (χ0v) is 15.2. The summed E-state index contributed by atoms with van der Waals surface area (Å²) in [6.07, 6.45) is 4.54. The number of anilines is 1. The van der Waals surface area contributed by atoms with Gasteiger partial charge in [-0.1, -0.05) is 11.6 Å². The van der Waals surface area contributed by atoms with Gasteiger partial charge in [-0.3, -0.25) is 4.99 Å². The van der Waals surface area contributed by atoms with E-state index in [1.165, 1.54) is 0 Å². The summed E-state index contributed by atoms with van der Waals surface area (Å²) in [6, 6.07) is 5.90. The molecule has 0 amide bonds. The van der Waals surface area contributed by atoms with Gasteiger partial charge in [0.2, 0.25) is 0 Å². The van der Waals surface area contributed by atoms with Gasteiger partial charge in [-0.2, -0.15) is 0 Å². The summed E-state index contributed by atoms with van der Waals surface area (Å²) in [6.45, 7) is 4.23. The molecule has 1 fully saturated rings. The SMILES string of the molecule is CN=C(NCc1ccnc(C)n1)NC1CCN(c2ncccc2Cl)C1. The van der Waals surface area contributed by atoms with E-state index in [1.54, 1.807) is 19.4 Å². The van der Waals surface area contributed by atoms with Crippen LogP contribution in [0.15, 0.2) is 35.6 Å². The Labute approximate surface area is 152 Å². The summed E-state index contributed by atoms with van der Waals surface area (Å²) in [5, 5.41) is 7.43. The quantitative estimate of drug-likeness (QED) is 0.640. The standard InChI is InChI=1S/C17H22ClN7/c1-12-20-8-5-13(23-12)10-22-17(19-2)24-14-6-9-25(11-14)16-15(18)4-3-7-21-16/h3-5,7-8,14H,6,9-11H2,1-2H3,(H2,19,22,24). The van der Waals surface area contributed by atoms with Crippen LogP contribution in [0.2, 0.25) is 5.02 Å². The minimum atomic E-state index is 0.288. The van der Waals surface area contributed by atoms with Gasteiger partial charge in [0.05, 0.1) is 17.3 Å². The molecule has 1 saturated heterocycles. The molecule has 0 spiro atoms. The van der Waals surface area contributed by atoms with E-state index in [-0.39, 0.29) is 6.04 Å². The number of nitrogens with zero attached hydrogens (tertiary/aromatic N) is 5. The van der Waals surface area contributed by atoms with Crippen LogP contribution in [-0.2, 0) is 6.54 Å². The Morgan fingerprint density at radius 1 is 1.36 bits per heavy atom. The van der Waals surface area contributed by atoms with Gasteiger partial charge in [-0.05, 0) is 31.5 Å². The molecule has 3 heterocycles. The lowest BCUT2D eigenvalue weighted by Gasteiger charge is -2.20. The molecule has 1 aliphatic rings. The topological polar surface area (TPSA) is 78.3 Å². The highest BCUT2D eigenvalue weighted by molar-refractivity contribution is 6.32. The molecule has 0 saturated carbocycles. The van der Waals surface area contributed by atoms with Gasteiger partial charge in [0.25, 0.3) is 0 Å². The van der Waals surface area contributed by atoms with Crippen molar-refractivity contribution in [3.8, 4) is 0 Å². The van der Waals surface area contributed by atoms with Crippen LogP contribution < -0.4 is 15.5 Å². The Morgan fingerprint density at radius 2 is 2.24 bits per heavy atom. The number of nitrogens with one attached hydrogen (secondary N) is 2. The Hall–Kier alpha value is -2.41. The number of aromatic nitrogens is 3. The first kappa shape index (κ1) is 17.4. The predicted molar refractivity (Wildman–Crippen MR) is 100.0 cm³/mol. The van der Waals surface area contributed by atoms with Crippen molar-refractivity contribution in [2.45, 2.75) is 25.9 Å². The van der Waals surface area contributed by atoms with E-state index >= 15 is 0 Å². The lowest BCUT2D eigenvalue weighted by Crippen LogP contribution is -2.44. The van der Waals surface area contributed by atoms with Crippen molar-refractivity contribution >= 4 is 23.4 Å². The molecule has 1 aliphatic heterocycles. The van der Waals surface area contributed by atoms with E-state index in [0.717, 1.165) is 42.8 Å². The molecule has 2 aromatic heterocycles. The molecule has 3 rings (SSSR count). The van der Waals surface area contributed by atoms with E-state index < -0.39 is 0 Å². The van der Waals surface area contributed by atoms with Crippen molar-refractivity contribution in [1.82, 2.24) is 25.6 Å². The van der Waals surface area contributed by atoms with Gasteiger partial charge in [-0.15, -0.1) is 0 Å². The molecule has 25 heavy (non-hydrogen) atoms. The van der Waals surface area contributed by atoms with Crippen LogP contribution in [0.1, 0.15) is 17.9 Å². The van der Waals surface area contributed by atoms with Crippen LogP contribution >= 0.6 is 11.6 Å². The van der Waals surface area contributed by atoms with Gasteiger partial charge in [0, 0.05) is 38.6 Å². The van der Waals surface area contributed by atoms with Crippen LogP contribution in [0.3, 0.4) is 0 Å². The van der Waals surface area contributed by atoms with Crippen molar-refractivity contribution in [2.24, 2.45) is 4.99 Å². The molecule has 132 valence electrons. The molecular formula is C17H22ClN7. The Kier molecular flexibility index (Phi) is 5.65. The van der Waals surface area contributed by atoms with Crippen molar-refractivity contribution < 1.29 is 0 Å². The van der Waals surface area contributed by atoms with Crippen molar-refractivity contribution in [3.05, 3.63) is 47.1 Å². The fraction of sp³-hybridized carbons (Fsp3) is 0.412. The van der Waals surface area contributed by atoms with E-state index in [2.05, 4.69) is 35.5 Å². The van der Waals surface area contributed by atoms with Crippen LogP contribution in [0.5, 0.6) is 0 Å². The molecular weight excluding hydrogens is 338 g/mol.